The Balaban J connectivity index is 1.48. The molecule has 4 rings (SSSR count). The first-order chi connectivity index (χ1) is 15.3. The van der Waals surface area contributed by atoms with Crippen molar-refractivity contribution < 1.29 is 19.5 Å². The van der Waals surface area contributed by atoms with E-state index >= 15 is 0 Å². The third-order valence-corrected chi connectivity index (χ3v) is 6.36. The molecular formula is C25H27N3O4. The summed E-state index contributed by atoms with van der Waals surface area (Å²) < 4.78 is 6.03. The van der Waals surface area contributed by atoms with Gasteiger partial charge in [0, 0.05) is 23.2 Å². The summed E-state index contributed by atoms with van der Waals surface area (Å²) >= 11 is 0. The molecule has 1 aliphatic rings. The Labute approximate surface area is 187 Å². The molecule has 0 radical (unpaired) electrons. The normalized spacial score (nSPS) is 19.2. The number of para-hydroxylation sites is 1. The lowest BCUT2D eigenvalue weighted by Gasteiger charge is -2.27. The Kier molecular flexibility index (Phi) is 5.84. The topological polar surface area (TPSA) is 91.8 Å². The minimum Gasteiger partial charge on any atom is -0.489 e. The van der Waals surface area contributed by atoms with Crippen molar-refractivity contribution in [2.45, 2.75) is 45.3 Å². The number of fused-ring (bicyclic) bond motifs is 1. The molecule has 1 saturated heterocycles. The molecule has 32 heavy (non-hydrogen) atoms. The van der Waals surface area contributed by atoms with Gasteiger partial charge in [-0.25, -0.2) is 5.48 Å². The highest BCUT2D eigenvalue weighted by atomic mass is 16.5. The van der Waals surface area contributed by atoms with Crippen LogP contribution in [0, 0.1) is 6.92 Å². The van der Waals surface area contributed by atoms with Gasteiger partial charge in [-0.15, -0.1) is 0 Å². The number of carbonyl (C=O) groups excluding carboxylic acids is 2. The van der Waals surface area contributed by atoms with Crippen LogP contribution in [0.25, 0.3) is 10.9 Å². The lowest BCUT2D eigenvalue weighted by atomic mass is 9.81. The second kappa shape index (κ2) is 8.59. The van der Waals surface area contributed by atoms with Crippen LogP contribution in [0.4, 0.5) is 0 Å². The summed E-state index contributed by atoms with van der Waals surface area (Å²) in [7, 11) is 0. The second-order valence-electron chi connectivity index (χ2n) is 8.49. The van der Waals surface area contributed by atoms with Crippen molar-refractivity contribution in [1.82, 2.24) is 15.4 Å². The first-order valence-corrected chi connectivity index (χ1v) is 10.7. The van der Waals surface area contributed by atoms with Crippen LogP contribution in [0.15, 0.2) is 54.6 Å². The molecule has 1 aliphatic heterocycles. The number of likely N-dealkylation sites (tertiary alicyclic amines) is 1. The van der Waals surface area contributed by atoms with E-state index < -0.39 is 17.4 Å². The predicted molar refractivity (Wildman–Crippen MR) is 120 cm³/mol. The molecule has 2 amide bonds. The van der Waals surface area contributed by atoms with Gasteiger partial charge in [0.05, 0.1) is 10.9 Å². The number of nitrogens with zero attached hydrogens (tertiary/aromatic N) is 2. The Morgan fingerprint density at radius 3 is 2.69 bits per heavy atom. The van der Waals surface area contributed by atoms with Crippen LogP contribution in [0.2, 0.25) is 0 Å². The van der Waals surface area contributed by atoms with E-state index in [4.69, 9.17) is 9.94 Å². The number of ether oxygens (including phenoxy) is 1. The number of hydrogen-bond donors (Lipinski definition) is 2. The third-order valence-electron chi connectivity index (χ3n) is 6.36. The molecule has 166 valence electrons. The fourth-order valence-corrected chi connectivity index (χ4v) is 4.34. The minimum absolute atomic E-state index is 0.124. The molecule has 2 N–H and O–H groups in total. The highest BCUT2D eigenvalue weighted by Gasteiger charge is 2.46. The molecular weight excluding hydrogens is 406 g/mol. The van der Waals surface area contributed by atoms with E-state index in [1.165, 1.54) is 4.90 Å². The van der Waals surface area contributed by atoms with Gasteiger partial charge in [-0.05, 0) is 57.0 Å². The number of benzene rings is 2. The fraction of sp³-hybridized carbons (Fsp3) is 0.320. The van der Waals surface area contributed by atoms with Crippen LogP contribution < -0.4 is 10.2 Å². The highest BCUT2D eigenvalue weighted by Crippen LogP contribution is 2.37. The van der Waals surface area contributed by atoms with Gasteiger partial charge in [-0.1, -0.05) is 30.3 Å². The molecule has 0 aliphatic carbocycles. The average Bonchev–Trinajstić information content (AvgIpc) is 3.12. The molecule has 7 heteroatoms. The van der Waals surface area contributed by atoms with Gasteiger partial charge in [-0.2, -0.15) is 0 Å². The monoisotopic (exact) mass is 433 g/mol. The highest BCUT2D eigenvalue weighted by molar-refractivity contribution is 5.94. The fourth-order valence-electron chi connectivity index (χ4n) is 4.34. The van der Waals surface area contributed by atoms with E-state index in [0.717, 1.165) is 27.7 Å². The average molecular weight is 434 g/mol. The zero-order valence-electron chi connectivity index (χ0n) is 18.5. The number of pyridine rings is 1. The van der Waals surface area contributed by atoms with Crippen molar-refractivity contribution in [2.75, 3.05) is 6.54 Å². The molecule has 0 saturated carbocycles. The Bertz CT molecular complexity index is 1160. The van der Waals surface area contributed by atoms with E-state index in [0.29, 0.717) is 25.3 Å². The zero-order valence-corrected chi connectivity index (χ0v) is 18.5. The number of hydrogen-bond acceptors (Lipinski definition) is 5. The minimum atomic E-state index is -0.726. The number of aromatic nitrogens is 1. The molecule has 0 spiro atoms. The lowest BCUT2D eigenvalue weighted by Crippen LogP contribution is -2.47. The molecule has 7 nitrogen and oxygen atoms in total. The van der Waals surface area contributed by atoms with Crippen molar-refractivity contribution >= 4 is 22.7 Å². The van der Waals surface area contributed by atoms with Gasteiger partial charge < -0.3 is 9.64 Å². The van der Waals surface area contributed by atoms with E-state index in [9.17, 15) is 9.59 Å². The van der Waals surface area contributed by atoms with Crippen LogP contribution in [-0.4, -0.2) is 39.5 Å². The summed E-state index contributed by atoms with van der Waals surface area (Å²) in [6, 6.07) is 16.9. The zero-order chi connectivity index (χ0) is 22.9. The molecule has 1 aromatic heterocycles. The molecule has 2 unspecified atom stereocenters. The molecule has 2 aromatic carbocycles. The Morgan fingerprint density at radius 1 is 1.25 bits per heavy atom. The van der Waals surface area contributed by atoms with Crippen LogP contribution in [0.3, 0.4) is 0 Å². The number of rotatable bonds is 6. The maximum absolute atomic E-state index is 13.1. The van der Waals surface area contributed by atoms with E-state index in [-0.39, 0.29) is 5.91 Å². The first-order valence-electron chi connectivity index (χ1n) is 10.7. The van der Waals surface area contributed by atoms with Crippen LogP contribution in [0.5, 0.6) is 5.75 Å². The molecule has 3 aromatic rings. The molecule has 1 fully saturated rings. The van der Waals surface area contributed by atoms with Crippen molar-refractivity contribution in [3.8, 4) is 5.75 Å². The van der Waals surface area contributed by atoms with Crippen molar-refractivity contribution in [2.24, 2.45) is 0 Å². The van der Waals surface area contributed by atoms with Gasteiger partial charge in [-0.3, -0.25) is 19.8 Å². The Morgan fingerprint density at radius 2 is 1.97 bits per heavy atom. The Hall–Kier alpha value is -3.45. The van der Waals surface area contributed by atoms with Gasteiger partial charge in [0.2, 0.25) is 5.91 Å². The predicted octanol–water partition coefficient (Wildman–Crippen LogP) is 3.51. The summed E-state index contributed by atoms with van der Waals surface area (Å²) in [5.41, 5.74) is 4.74. The number of carbonyl (C=O) groups is 2. The molecule has 2 atom stereocenters. The van der Waals surface area contributed by atoms with Gasteiger partial charge in [0.1, 0.15) is 18.4 Å². The van der Waals surface area contributed by atoms with Gasteiger partial charge in [0.25, 0.3) is 5.91 Å². The third kappa shape index (κ3) is 3.91. The largest absolute Gasteiger partial charge is 0.489 e. The first kappa shape index (κ1) is 21.8. The van der Waals surface area contributed by atoms with Crippen LogP contribution in [-0.2, 0) is 21.6 Å². The number of hydroxylamine groups is 1. The number of aryl methyl sites for hydroxylation is 1. The summed E-state index contributed by atoms with van der Waals surface area (Å²) in [6.45, 7) is 6.34. The van der Waals surface area contributed by atoms with Crippen molar-refractivity contribution in [3.63, 3.8) is 0 Å². The van der Waals surface area contributed by atoms with E-state index in [1.807, 2.05) is 68.4 Å². The number of nitrogens with one attached hydrogen (secondary N) is 1. The smallest absolute Gasteiger partial charge is 0.265 e. The lowest BCUT2D eigenvalue weighted by molar-refractivity contribution is -0.143. The standard InChI is InChI=1S/C25H27N3O4/c1-16-14-18(21-6-4-5-7-22(21)26-16)15-32-20-10-8-19(9-11-20)25(3)12-13-28(24(25)30)17(2)23(29)27-31/h4-11,14,17,31H,12-13,15H2,1-3H3,(H,27,29). The van der Waals surface area contributed by atoms with E-state index in [2.05, 4.69) is 4.98 Å². The van der Waals surface area contributed by atoms with Crippen molar-refractivity contribution in [3.05, 3.63) is 71.4 Å². The van der Waals surface area contributed by atoms with Crippen LogP contribution >= 0.6 is 0 Å². The SMILES string of the molecule is Cc1cc(COc2ccc(C3(C)CCN(C(C)C(=O)NO)C3=O)cc2)c2ccccc2n1. The number of amides is 2. The quantitative estimate of drug-likeness (QED) is 0.459. The summed E-state index contributed by atoms with van der Waals surface area (Å²) in [5.74, 6) is -0.00237. The van der Waals surface area contributed by atoms with E-state index in [1.54, 1.807) is 12.4 Å². The van der Waals surface area contributed by atoms with Crippen molar-refractivity contribution in [1.29, 1.82) is 0 Å². The maximum atomic E-state index is 13.1. The molecule has 2 heterocycles. The second-order valence-corrected chi connectivity index (χ2v) is 8.49. The van der Waals surface area contributed by atoms with Gasteiger partial charge in [0.15, 0.2) is 0 Å². The summed E-state index contributed by atoms with van der Waals surface area (Å²) in [6.07, 6.45) is 0.595. The summed E-state index contributed by atoms with van der Waals surface area (Å²) in [4.78, 5) is 30.9. The summed E-state index contributed by atoms with van der Waals surface area (Å²) in [5, 5.41) is 9.95. The maximum Gasteiger partial charge on any atom is 0.265 e. The molecule has 0 bridgehead atoms. The van der Waals surface area contributed by atoms with Gasteiger partial charge >= 0.3 is 0 Å². The van der Waals surface area contributed by atoms with Crippen LogP contribution in [0.1, 0.15) is 37.1 Å².